The molecule has 1 atom stereocenters. The number of hydrogen-bond donors (Lipinski definition) is 3. The number of halogens is 2. The number of aliphatic carboxylic acids is 1. The highest BCUT2D eigenvalue weighted by molar-refractivity contribution is 9.11. The molecule has 1 aliphatic carbocycles. The molecular formula is C30H30Br2N2O5. The van der Waals surface area contributed by atoms with Gasteiger partial charge in [-0.3, -0.25) is 9.59 Å². The van der Waals surface area contributed by atoms with Gasteiger partial charge in [0, 0.05) is 16.6 Å². The van der Waals surface area contributed by atoms with E-state index in [1.165, 1.54) is 37.7 Å². The first kappa shape index (κ1) is 28.8. The number of benzene rings is 3. The molecule has 0 aromatic heterocycles. The maximum Gasteiger partial charge on any atom is 0.413 e. The summed E-state index contributed by atoms with van der Waals surface area (Å²) in [6.07, 6.45) is 5.44. The summed E-state index contributed by atoms with van der Waals surface area (Å²) in [5, 5.41) is 14.4. The zero-order valence-corrected chi connectivity index (χ0v) is 24.5. The van der Waals surface area contributed by atoms with E-state index >= 15 is 0 Å². The second-order valence-corrected chi connectivity index (χ2v) is 11.3. The molecule has 1 unspecified atom stereocenters. The molecule has 3 N–H and O–H groups in total. The number of carbonyl (C=O) groups excluding carboxylic acids is 2. The highest BCUT2D eigenvalue weighted by Gasteiger charge is 2.21. The van der Waals surface area contributed by atoms with Crippen LogP contribution in [0, 0.1) is 0 Å². The molecule has 1 saturated carbocycles. The van der Waals surface area contributed by atoms with Gasteiger partial charge in [-0.2, -0.15) is 0 Å². The van der Waals surface area contributed by atoms with E-state index in [4.69, 9.17) is 9.84 Å². The average Bonchev–Trinajstić information content (AvgIpc) is 2.94. The summed E-state index contributed by atoms with van der Waals surface area (Å²) in [5.74, 6) is -0.381. The lowest BCUT2D eigenvalue weighted by atomic mass is 9.83. The molecule has 7 nitrogen and oxygen atoms in total. The van der Waals surface area contributed by atoms with Crippen molar-refractivity contribution in [1.29, 1.82) is 0 Å². The van der Waals surface area contributed by atoms with E-state index in [1.807, 2.05) is 12.1 Å². The lowest BCUT2D eigenvalue weighted by molar-refractivity contribution is -0.136. The molecule has 1 aliphatic rings. The van der Waals surface area contributed by atoms with Crippen LogP contribution in [0.5, 0.6) is 5.75 Å². The standard InChI is InChI=1S/C30H30Br2N2O5/c31-24-14-15-26(25(32)18-24)39-30(38)34-28(21-8-6-20(7-9-21)19-4-2-1-3-5-19)22-10-12-23(13-11-22)29(37)33-17-16-27(35)36/h6-15,18-19,28H,1-5,16-17H2,(H,33,37)(H,34,38)(H,35,36). The molecule has 0 bridgehead atoms. The average molecular weight is 658 g/mol. The van der Waals surface area contributed by atoms with Crippen molar-refractivity contribution in [3.05, 3.63) is 97.9 Å². The summed E-state index contributed by atoms with van der Waals surface area (Å²) < 4.78 is 7.08. The number of ether oxygens (including phenoxy) is 1. The van der Waals surface area contributed by atoms with Gasteiger partial charge in [0.25, 0.3) is 5.91 Å². The molecule has 0 radical (unpaired) electrons. The van der Waals surface area contributed by atoms with E-state index in [0.29, 0.717) is 21.7 Å². The number of nitrogens with one attached hydrogen (secondary N) is 2. The maximum atomic E-state index is 13.0. The fraction of sp³-hybridized carbons (Fsp3) is 0.300. The molecule has 0 aliphatic heterocycles. The van der Waals surface area contributed by atoms with Gasteiger partial charge < -0.3 is 20.5 Å². The summed E-state index contributed by atoms with van der Waals surface area (Å²) in [7, 11) is 0. The third-order valence-electron chi connectivity index (χ3n) is 6.84. The zero-order chi connectivity index (χ0) is 27.8. The van der Waals surface area contributed by atoms with E-state index in [9.17, 15) is 14.4 Å². The largest absolute Gasteiger partial charge is 0.481 e. The van der Waals surface area contributed by atoms with Crippen LogP contribution in [0.25, 0.3) is 0 Å². The Kier molecular flexibility index (Phi) is 10.2. The predicted molar refractivity (Wildman–Crippen MR) is 156 cm³/mol. The van der Waals surface area contributed by atoms with Crippen molar-refractivity contribution in [2.24, 2.45) is 0 Å². The van der Waals surface area contributed by atoms with Gasteiger partial charge >= 0.3 is 12.1 Å². The second-order valence-electron chi connectivity index (χ2n) is 9.56. The van der Waals surface area contributed by atoms with Gasteiger partial charge in [0.2, 0.25) is 0 Å². The lowest BCUT2D eigenvalue weighted by Crippen LogP contribution is -2.32. The number of carboxylic acids is 1. The van der Waals surface area contributed by atoms with E-state index in [0.717, 1.165) is 15.6 Å². The minimum atomic E-state index is -0.976. The van der Waals surface area contributed by atoms with Crippen molar-refractivity contribution in [3.8, 4) is 5.75 Å². The third-order valence-corrected chi connectivity index (χ3v) is 7.95. The summed E-state index contributed by atoms with van der Waals surface area (Å²) in [4.78, 5) is 36.1. The minimum absolute atomic E-state index is 0.0465. The molecule has 4 rings (SSSR count). The monoisotopic (exact) mass is 656 g/mol. The highest BCUT2D eigenvalue weighted by Crippen LogP contribution is 2.34. The van der Waals surface area contributed by atoms with Crippen LogP contribution < -0.4 is 15.4 Å². The Balaban J connectivity index is 1.54. The topological polar surface area (TPSA) is 105 Å². The van der Waals surface area contributed by atoms with Gasteiger partial charge in [-0.1, -0.05) is 71.6 Å². The summed E-state index contributed by atoms with van der Waals surface area (Å²) in [6, 6.07) is 20.0. The lowest BCUT2D eigenvalue weighted by Gasteiger charge is -2.24. The van der Waals surface area contributed by atoms with E-state index in [2.05, 4.69) is 54.6 Å². The van der Waals surface area contributed by atoms with Crippen LogP contribution in [0.1, 0.15) is 77.5 Å². The fourth-order valence-electron chi connectivity index (χ4n) is 4.77. The Morgan fingerprint density at radius 1 is 0.897 bits per heavy atom. The molecule has 204 valence electrons. The van der Waals surface area contributed by atoms with Gasteiger partial charge in [-0.05, 0) is 81.7 Å². The Bertz CT molecular complexity index is 1310. The van der Waals surface area contributed by atoms with Gasteiger partial charge in [-0.25, -0.2) is 4.79 Å². The smallest absolute Gasteiger partial charge is 0.413 e. The van der Waals surface area contributed by atoms with Gasteiger partial charge in [0.05, 0.1) is 16.9 Å². The third kappa shape index (κ3) is 8.16. The Morgan fingerprint density at radius 2 is 1.54 bits per heavy atom. The van der Waals surface area contributed by atoms with Gasteiger partial charge in [0.1, 0.15) is 5.75 Å². The first-order valence-corrected chi connectivity index (χ1v) is 14.5. The van der Waals surface area contributed by atoms with Crippen LogP contribution in [0.15, 0.2) is 75.7 Å². The zero-order valence-electron chi connectivity index (χ0n) is 21.3. The summed E-state index contributed by atoms with van der Waals surface area (Å²) in [6.45, 7) is 0.0465. The molecule has 3 aromatic carbocycles. The molecular weight excluding hydrogens is 628 g/mol. The van der Waals surface area contributed by atoms with E-state index in [1.54, 1.807) is 42.5 Å². The molecule has 0 saturated heterocycles. The number of carbonyl (C=O) groups is 3. The molecule has 0 spiro atoms. The Labute approximate surface area is 244 Å². The van der Waals surface area contributed by atoms with Crippen molar-refractivity contribution in [3.63, 3.8) is 0 Å². The van der Waals surface area contributed by atoms with Crippen LogP contribution in [0.3, 0.4) is 0 Å². The molecule has 9 heteroatoms. The Hall–Kier alpha value is -3.17. The van der Waals surface area contributed by atoms with Crippen molar-refractivity contribution < 1.29 is 24.2 Å². The van der Waals surface area contributed by atoms with E-state index in [-0.39, 0.29) is 18.9 Å². The normalized spacial score (nSPS) is 14.3. The van der Waals surface area contributed by atoms with Crippen molar-refractivity contribution in [1.82, 2.24) is 10.6 Å². The summed E-state index contributed by atoms with van der Waals surface area (Å²) in [5.41, 5.74) is 3.37. The molecule has 0 heterocycles. The maximum absolute atomic E-state index is 13.0. The predicted octanol–water partition coefficient (Wildman–Crippen LogP) is 7.34. The molecule has 2 amide bonds. The van der Waals surface area contributed by atoms with Crippen LogP contribution in [-0.2, 0) is 4.79 Å². The van der Waals surface area contributed by atoms with Crippen molar-refractivity contribution >= 4 is 49.8 Å². The van der Waals surface area contributed by atoms with Crippen molar-refractivity contribution in [2.45, 2.75) is 50.5 Å². The Morgan fingerprint density at radius 3 is 2.15 bits per heavy atom. The van der Waals surface area contributed by atoms with Crippen LogP contribution in [-0.4, -0.2) is 29.6 Å². The first-order chi connectivity index (χ1) is 18.8. The molecule has 1 fully saturated rings. The van der Waals surface area contributed by atoms with E-state index < -0.39 is 18.1 Å². The van der Waals surface area contributed by atoms with Crippen molar-refractivity contribution in [2.75, 3.05) is 6.54 Å². The first-order valence-electron chi connectivity index (χ1n) is 12.9. The number of carboxylic acid groups (broad SMARTS) is 1. The minimum Gasteiger partial charge on any atom is -0.481 e. The summed E-state index contributed by atoms with van der Waals surface area (Å²) >= 11 is 6.81. The SMILES string of the molecule is O=C(O)CCNC(=O)c1ccc(C(NC(=O)Oc2ccc(Br)cc2Br)c2ccc(C3CCCCC3)cc2)cc1. The molecule has 3 aromatic rings. The van der Waals surface area contributed by atoms with Crippen LogP contribution in [0.4, 0.5) is 4.79 Å². The number of hydrogen-bond acceptors (Lipinski definition) is 4. The van der Waals surface area contributed by atoms with Crippen LogP contribution in [0.2, 0.25) is 0 Å². The highest BCUT2D eigenvalue weighted by atomic mass is 79.9. The number of amides is 2. The quantitative estimate of drug-likeness (QED) is 0.223. The van der Waals surface area contributed by atoms with Gasteiger partial charge in [0.15, 0.2) is 0 Å². The fourth-order valence-corrected chi connectivity index (χ4v) is 5.90. The molecule has 39 heavy (non-hydrogen) atoms. The van der Waals surface area contributed by atoms with Gasteiger partial charge in [-0.15, -0.1) is 0 Å². The van der Waals surface area contributed by atoms with Crippen LogP contribution >= 0.6 is 31.9 Å². The number of rotatable bonds is 9. The second kappa shape index (κ2) is 13.8.